The summed E-state index contributed by atoms with van der Waals surface area (Å²) in [6.45, 7) is 6.82. The summed E-state index contributed by atoms with van der Waals surface area (Å²) in [5.41, 5.74) is 3.80. The number of non-ortho nitro benzene ring substituents is 1. The van der Waals surface area contributed by atoms with Crippen molar-refractivity contribution >= 4 is 30.6 Å². The zero-order valence-electron chi connectivity index (χ0n) is 25.7. The molecular formula is C33H42N6O5. The summed E-state index contributed by atoms with van der Waals surface area (Å²) in [7, 11) is 1.70. The minimum absolute atomic E-state index is 0.0242. The molecule has 2 aromatic carbocycles. The van der Waals surface area contributed by atoms with E-state index >= 15 is 0 Å². The van der Waals surface area contributed by atoms with E-state index in [1.165, 1.54) is 12.1 Å². The molecule has 11 nitrogen and oxygen atoms in total. The summed E-state index contributed by atoms with van der Waals surface area (Å²) in [4.78, 5) is 57.7. The molecule has 2 aromatic rings. The number of piperidine rings is 1. The van der Waals surface area contributed by atoms with E-state index in [0.717, 1.165) is 79.9 Å². The predicted molar refractivity (Wildman–Crippen MR) is 169 cm³/mol. The Bertz CT molecular complexity index is 1370. The van der Waals surface area contributed by atoms with Crippen LogP contribution in [0.25, 0.3) is 0 Å². The van der Waals surface area contributed by atoms with E-state index in [0.29, 0.717) is 25.8 Å². The largest absolute Gasteiger partial charge is 0.349 e. The van der Waals surface area contributed by atoms with Gasteiger partial charge in [-0.3, -0.25) is 29.5 Å². The highest BCUT2D eigenvalue weighted by molar-refractivity contribution is 5.94. The maximum atomic E-state index is 12.7. The minimum atomic E-state index is -0.440. The lowest BCUT2D eigenvalue weighted by Gasteiger charge is -2.43. The molecule has 44 heavy (non-hydrogen) atoms. The fraction of sp³-hybridized carbons (Fsp3) is 0.455. The van der Waals surface area contributed by atoms with Gasteiger partial charge < -0.3 is 20.0 Å². The van der Waals surface area contributed by atoms with E-state index in [1.54, 1.807) is 29.0 Å². The van der Waals surface area contributed by atoms with Crippen LogP contribution in [0.2, 0.25) is 0 Å². The monoisotopic (exact) mass is 602 g/mol. The third kappa shape index (κ3) is 6.88. The van der Waals surface area contributed by atoms with E-state index in [2.05, 4.69) is 22.3 Å². The topological polar surface area (TPSA) is 128 Å². The van der Waals surface area contributed by atoms with Gasteiger partial charge in [-0.2, -0.15) is 0 Å². The number of hydrogen-bond acceptors (Lipinski definition) is 7. The third-order valence-electron chi connectivity index (χ3n) is 8.97. The van der Waals surface area contributed by atoms with E-state index in [-0.39, 0.29) is 11.2 Å². The first kappa shape index (κ1) is 32.5. The second-order valence-electron chi connectivity index (χ2n) is 11.4. The van der Waals surface area contributed by atoms with Gasteiger partial charge in [-0.25, -0.2) is 0 Å². The number of likely N-dealkylation sites (tertiary alicyclic amines) is 1. The third-order valence-corrected chi connectivity index (χ3v) is 8.97. The van der Waals surface area contributed by atoms with Crippen molar-refractivity contribution in [2.75, 3.05) is 33.2 Å². The highest BCUT2D eigenvalue weighted by atomic mass is 16.6. The Balaban J connectivity index is 1.55. The van der Waals surface area contributed by atoms with E-state index < -0.39 is 16.9 Å². The van der Waals surface area contributed by atoms with Crippen molar-refractivity contribution in [2.24, 2.45) is 4.99 Å². The average Bonchev–Trinajstić information content (AvgIpc) is 3.06. The summed E-state index contributed by atoms with van der Waals surface area (Å²) in [5.74, 6) is -0.422. The summed E-state index contributed by atoms with van der Waals surface area (Å²) in [5, 5.41) is 14.4. The number of amides is 3. The highest BCUT2D eigenvalue weighted by Gasteiger charge is 2.40. The molecule has 1 fully saturated rings. The van der Waals surface area contributed by atoms with Crippen LogP contribution in [0.1, 0.15) is 63.0 Å². The molecule has 0 aromatic heterocycles. The molecule has 2 aliphatic rings. The molecular weight excluding hydrogens is 560 g/mol. The zero-order valence-corrected chi connectivity index (χ0v) is 25.7. The number of nitrogens with zero attached hydrogens (tertiary/aromatic N) is 5. The number of allylic oxidation sites excluding steroid dienone is 1. The number of nitrogens with one attached hydrogen (secondary N) is 1. The molecule has 2 atom stereocenters. The molecule has 3 amide bonds. The van der Waals surface area contributed by atoms with Crippen molar-refractivity contribution in [3.8, 4) is 0 Å². The number of hydrogen-bond donors (Lipinski definition) is 1. The molecule has 11 heteroatoms. The highest BCUT2D eigenvalue weighted by Crippen LogP contribution is 2.40. The van der Waals surface area contributed by atoms with E-state index in [4.69, 9.17) is 4.99 Å². The van der Waals surface area contributed by atoms with Crippen molar-refractivity contribution in [2.45, 2.75) is 63.5 Å². The number of rotatable bonds is 15. The van der Waals surface area contributed by atoms with Gasteiger partial charge in [0.25, 0.3) is 5.69 Å². The van der Waals surface area contributed by atoms with Gasteiger partial charge in [0.05, 0.1) is 33.8 Å². The van der Waals surface area contributed by atoms with Gasteiger partial charge in [-0.05, 0) is 49.8 Å². The number of aliphatic imine (C=N–C) groups is 1. The number of nitro groups is 1. The number of likely N-dealkylation sites (N-methyl/N-ethyl adjacent to an activating group) is 1. The number of benzene rings is 2. The SMILES string of the molecule is CCC1=NC(CC)=C(N(C=O)CCCN2CCC(NC=O)(c3ccccc3)CC2)C(c2ccc([N+](=O)[O-])cc2)C1N(C)C=O. The Labute approximate surface area is 258 Å². The van der Waals surface area contributed by atoms with Crippen molar-refractivity contribution in [3.63, 3.8) is 0 Å². The van der Waals surface area contributed by atoms with Gasteiger partial charge in [0.2, 0.25) is 19.2 Å². The maximum Gasteiger partial charge on any atom is 0.269 e. The molecule has 2 heterocycles. The molecule has 4 rings (SSSR count). The molecule has 0 aliphatic carbocycles. The fourth-order valence-electron chi connectivity index (χ4n) is 6.63. The van der Waals surface area contributed by atoms with E-state index in [1.807, 2.05) is 32.0 Å². The van der Waals surface area contributed by atoms with Crippen molar-refractivity contribution < 1.29 is 19.3 Å². The standard InChI is InChI=1S/C33H42N6O5/c1-4-28-31(36(3)23-41)30(25-12-14-27(15-13-25)39(43)44)32(29(5-2)35-28)38(24-42)19-9-18-37-20-16-33(17-21-37,34-22-40)26-10-7-6-8-11-26/h6-8,10-15,22-24,30-31H,4-5,9,16-21H2,1-3H3,(H,34,40). The van der Waals surface area contributed by atoms with Crippen LogP contribution < -0.4 is 5.32 Å². The molecule has 1 N–H and O–H groups in total. The van der Waals surface area contributed by atoms with Gasteiger partial charge in [-0.1, -0.05) is 56.3 Å². The van der Waals surface area contributed by atoms with Crippen molar-refractivity contribution in [1.29, 1.82) is 0 Å². The second kappa shape index (κ2) is 14.9. The lowest BCUT2D eigenvalue weighted by atomic mass is 9.80. The Hall–Kier alpha value is -4.38. The molecule has 0 spiro atoms. The van der Waals surface area contributed by atoms with Crippen LogP contribution in [0.5, 0.6) is 0 Å². The van der Waals surface area contributed by atoms with Crippen molar-refractivity contribution in [3.05, 3.63) is 87.2 Å². The smallest absolute Gasteiger partial charge is 0.269 e. The van der Waals surface area contributed by atoms with Gasteiger partial charge in [0, 0.05) is 44.5 Å². The minimum Gasteiger partial charge on any atom is -0.349 e. The lowest BCUT2D eigenvalue weighted by molar-refractivity contribution is -0.384. The number of carbonyl (C=O) groups is 3. The van der Waals surface area contributed by atoms with Crippen LogP contribution in [0.4, 0.5) is 5.69 Å². The first-order chi connectivity index (χ1) is 21.3. The zero-order chi connectivity index (χ0) is 31.7. The lowest BCUT2D eigenvalue weighted by Crippen LogP contribution is -2.51. The summed E-state index contributed by atoms with van der Waals surface area (Å²) < 4.78 is 0. The molecule has 0 radical (unpaired) electrons. The molecule has 2 unspecified atom stereocenters. The molecule has 2 aliphatic heterocycles. The fourth-order valence-corrected chi connectivity index (χ4v) is 6.63. The normalized spacial score (nSPS) is 19.9. The van der Waals surface area contributed by atoms with Crippen LogP contribution >= 0.6 is 0 Å². The molecule has 1 saturated heterocycles. The van der Waals surface area contributed by atoms with Crippen LogP contribution in [-0.2, 0) is 19.9 Å². The molecule has 0 saturated carbocycles. The van der Waals surface area contributed by atoms with Crippen molar-refractivity contribution in [1.82, 2.24) is 20.0 Å². The van der Waals surface area contributed by atoms with E-state index in [9.17, 15) is 24.5 Å². The maximum absolute atomic E-state index is 12.7. The molecule has 234 valence electrons. The Morgan fingerprint density at radius 3 is 2.25 bits per heavy atom. The van der Waals surface area contributed by atoms with Crippen LogP contribution in [-0.4, -0.2) is 83.8 Å². The Kier molecular flexibility index (Phi) is 11.0. The van der Waals surface area contributed by atoms with Crippen LogP contribution in [0.15, 0.2) is 71.0 Å². The second-order valence-corrected chi connectivity index (χ2v) is 11.4. The summed E-state index contributed by atoms with van der Waals surface area (Å²) in [6.07, 6.45) is 5.87. The average molecular weight is 603 g/mol. The Morgan fingerprint density at radius 2 is 1.70 bits per heavy atom. The summed E-state index contributed by atoms with van der Waals surface area (Å²) in [6, 6.07) is 16.0. The van der Waals surface area contributed by atoms with Gasteiger partial charge in [0.15, 0.2) is 0 Å². The summed E-state index contributed by atoms with van der Waals surface area (Å²) >= 11 is 0. The predicted octanol–water partition coefficient (Wildman–Crippen LogP) is 4.21. The van der Waals surface area contributed by atoms with Gasteiger partial charge in [-0.15, -0.1) is 0 Å². The molecule has 0 bridgehead atoms. The van der Waals surface area contributed by atoms with Crippen LogP contribution in [0, 0.1) is 10.1 Å². The van der Waals surface area contributed by atoms with Gasteiger partial charge in [0.1, 0.15) is 0 Å². The number of carbonyl (C=O) groups excluding carboxylic acids is 3. The first-order valence-corrected chi connectivity index (χ1v) is 15.3. The first-order valence-electron chi connectivity index (χ1n) is 15.3. The number of nitro benzene ring substituents is 1. The Morgan fingerprint density at radius 1 is 1.02 bits per heavy atom. The quantitative estimate of drug-likeness (QED) is 0.185. The van der Waals surface area contributed by atoms with Gasteiger partial charge >= 0.3 is 0 Å². The van der Waals surface area contributed by atoms with Crippen LogP contribution in [0.3, 0.4) is 0 Å².